The highest BCUT2D eigenvalue weighted by atomic mass is 19.4. The van der Waals surface area contributed by atoms with Crippen LogP contribution >= 0.6 is 0 Å². The summed E-state index contributed by atoms with van der Waals surface area (Å²) in [6.07, 6.45) is 0.339. The van der Waals surface area contributed by atoms with Gasteiger partial charge in [0, 0.05) is 6.04 Å². The molecule has 1 aliphatic carbocycles. The Kier molecular flexibility index (Phi) is 7.50. The summed E-state index contributed by atoms with van der Waals surface area (Å²) >= 11 is 0. The molecule has 2 rings (SSSR count). The van der Waals surface area contributed by atoms with E-state index in [1.54, 1.807) is 6.07 Å². The largest absolute Gasteiger partial charge is 0.484 e. The van der Waals surface area contributed by atoms with Gasteiger partial charge in [-0.1, -0.05) is 37.8 Å². The van der Waals surface area contributed by atoms with Gasteiger partial charge < -0.3 is 15.2 Å². The fourth-order valence-electron chi connectivity index (χ4n) is 3.31. The van der Waals surface area contributed by atoms with Gasteiger partial charge in [-0.15, -0.1) is 0 Å². The summed E-state index contributed by atoms with van der Waals surface area (Å²) in [4.78, 5) is 23.9. The molecule has 1 aliphatic rings. The van der Waals surface area contributed by atoms with Gasteiger partial charge in [-0.05, 0) is 30.5 Å². The van der Waals surface area contributed by atoms with E-state index in [1.807, 2.05) is 0 Å². The molecule has 5 nitrogen and oxygen atoms in total. The minimum Gasteiger partial charge on any atom is -0.484 e. The number of carboxylic acids is 1. The monoisotopic (exact) mass is 387 g/mol. The van der Waals surface area contributed by atoms with E-state index < -0.39 is 30.7 Å². The molecule has 8 heteroatoms. The third kappa shape index (κ3) is 7.48. The minimum absolute atomic E-state index is 0.0343. The van der Waals surface area contributed by atoms with Gasteiger partial charge in [0.1, 0.15) is 5.75 Å². The number of carbonyl (C=O) groups excluding carboxylic acids is 1. The summed E-state index contributed by atoms with van der Waals surface area (Å²) in [6, 6.07) is 5.48. The first-order valence-corrected chi connectivity index (χ1v) is 9.05. The molecular weight excluding hydrogens is 363 g/mol. The van der Waals surface area contributed by atoms with Crippen LogP contribution in [0.2, 0.25) is 0 Å². The van der Waals surface area contributed by atoms with Gasteiger partial charge in [-0.25, -0.2) is 0 Å². The lowest BCUT2D eigenvalue weighted by atomic mass is 9.86. The summed E-state index contributed by atoms with van der Waals surface area (Å²) in [6.45, 7) is -1.40. The molecule has 150 valence electrons. The lowest BCUT2D eigenvalue weighted by molar-refractivity contribution is -0.153. The fourth-order valence-corrected chi connectivity index (χ4v) is 3.31. The average Bonchev–Trinajstić information content (AvgIpc) is 2.55. The Morgan fingerprint density at radius 2 is 1.85 bits per heavy atom. The highest BCUT2D eigenvalue weighted by Gasteiger charge is 2.30. The molecule has 0 heterocycles. The Morgan fingerprint density at radius 1 is 1.15 bits per heavy atom. The van der Waals surface area contributed by atoms with Gasteiger partial charge in [0.25, 0.3) is 0 Å². The van der Waals surface area contributed by atoms with Gasteiger partial charge in [-0.2, -0.15) is 13.2 Å². The molecule has 1 aromatic rings. The molecular formula is C19H24F3NO4. The van der Waals surface area contributed by atoms with Crippen molar-refractivity contribution in [3.05, 3.63) is 29.8 Å². The number of carboxylic acid groups (broad SMARTS) is 1. The molecule has 27 heavy (non-hydrogen) atoms. The Hall–Kier alpha value is -2.25. The standard InChI is InChI=1S/C19H24F3NO4/c20-19(21,22)12-27-14-7-5-6-13(10-14)11-17(24)23-16-9-4-2-1-3-8-15(16)18(25)26/h5-7,10,15-16H,1-4,8-9,11-12H2,(H,23,24)(H,25,26). The first kappa shape index (κ1) is 21.1. The fraction of sp³-hybridized carbons (Fsp3) is 0.579. The number of ether oxygens (including phenoxy) is 1. The molecule has 1 saturated carbocycles. The van der Waals surface area contributed by atoms with Crippen LogP contribution in [0.15, 0.2) is 24.3 Å². The van der Waals surface area contributed by atoms with Crippen molar-refractivity contribution in [2.45, 2.75) is 57.2 Å². The highest BCUT2D eigenvalue weighted by molar-refractivity contribution is 5.80. The molecule has 0 radical (unpaired) electrons. The number of alkyl halides is 3. The number of nitrogens with one attached hydrogen (secondary N) is 1. The Labute approximate surface area is 155 Å². The van der Waals surface area contributed by atoms with E-state index >= 15 is 0 Å². The summed E-state index contributed by atoms with van der Waals surface area (Å²) < 4.78 is 41.4. The van der Waals surface area contributed by atoms with Gasteiger partial charge in [0.15, 0.2) is 6.61 Å². The maximum atomic E-state index is 12.4. The van der Waals surface area contributed by atoms with Crippen molar-refractivity contribution < 1.29 is 32.6 Å². The summed E-state index contributed by atoms with van der Waals surface area (Å²) in [5.41, 5.74) is 0.505. The van der Waals surface area contributed by atoms with E-state index in [-0.39, 0.29) is 18.1 Å². The minimum atomic E-state index is -4.43. The zero-order chi connectivity index (χ0) is 19.9. The van der Waals surface area contributed by atoms with E-state index in [4.69, 9.17) is 0 Å². The van der Waals surface area contributed by atoms with Crippen molar-refractivity contribution in [1.29, 1.82) is 0 Å². The predicted octanol–water partition coefficient (Wildman–Crippen LogP) is 3.71. The lowest BCUT2D eigenvalue weighted by Gasteiger charge is -2.27. The second-order valence-corrected chi connectivity index (χ2v) is 6.84. The van der Waals surface area contributed by atoms with Crippen molar-refractivity contribution in [2.24, 2.45) is 5.92 Å². The topological polar surface area (TPSA) is 75.6 Å². The van der Waals surface area contributed by atoms with E-state index in [2.05, 4.69) is 10.1 Å². The molecule has 1 aromatic carbocycles. The zero-order valence-corrected chi connectivity index (χ0v) is 14.9. The Bertz CT molecular complexity index is 648. The second-order valence-electron chi connectivity index (χ2n) is 6.84. The van der Waals surface area contributed by atoms with E-state index in [0.717, 1.165) is 25.7 Å². The van der Waals surface area contributed by atoms with Crippen LogP contribution in [0.1, 0.15) is 44.1 Å². The molecule has 2 atom stereocenters. The van der Waals surface area contributed by atoms with Crippen LogP contribution in [-0.2, 0) is 16.0 Å². The highest BCUT2D eigenvalue weighted by Crippen LogP contribution is 2.24. The number of hydrogen-bond acceptors (Lipinski definition) is 3. The van der Waals surface area contributed by atoms with E-state index in [1.165, 1.54) is 18.2 Å². The van der Waals surface area contributed by atoms with Crippen LogP contribution in [0, 0.1) is 5.92 Å². The molecule has 2 unspecified atom stereocenters. The van der Waals surface area contributed by atoms with Gasteiger partial charge >= 0.3 is 12.1 Å². The number of carbonyl (C=O) groups is 2. The number of rotatable bonds is 6. The normalized spacial score (nSPS) is 21.0. The number of amides is 1. The van der Waals surface area contributed by atoms with Crippen LogP contribution in [0.4, 0.5) is 13.2 Å². The molecule has 0 saturated heterocycles. The summed E-state index contributed by atoms with van der Waals surface area (Å²) in [5.74, 6) is -1.84. The van der Waals surface area contributed by atoms with Crippen molar-refractivity contribution in [2.75, 3.05) is 6.61 Å². The Morgan fingerprint density at radius 3 is 2.52 bits per heavy atom. The van der Waals surface area contributed by atoms with Crippen LogP contribution in [0.3, 0.4) is 0 Å². The quantitative estimate of drug-likeness (QED) is 0.780. The Balaban J connectivity index is 1.96. The predicted molar refractivity (Wildman–Crippen MR) is 92.5 cm³/mol. The first-order valence-electron chi connectivity index (χ1n) is 9.05. The van der Waals surface area contributed by atoms with Crippen molar-refractivity contribution in [1.82, 2.24) is 5.32 Å². The smallest absolute Gasteiger partial charge is 0.422 e. The van der Waals surface area contributed by atoms with Crippen LogP contribution in [0.5, 0.6) is 5.75 Å². The summed E-state index contributed by atoms with van der Waals surface area (Å²) in [5, 5.41) is 12.2. The first-order chi connectivity index (χ1) is 12.7. The van der Waals surface area contributed by atoms with Gasteiger partial charge in [-0.3, -0.25) is 9.59 Å². The number of halogens is 3. The van der Waals surface area contributed by atoms with E-state index in [0.29, 0.717) is 18.4 Å². The molecule has 0 aliphatic heterocycles. The van der Waals surface area contributed by atoms with Crippen molar-refractivity contribution in [3.63, 3.8) is 0 Å². The van der Waals surface area contributed by atoms with Gasteiger partial charge in [0.2, 0.25) is 5.91 Å². The maximum absolute atomic E-state index is 12.4. The third-order valence-electron chi connectivity index (χ3n) is 4.60. The van der Waals surface area contributed by atoms with E-state index in [9.17, 15) is 27.9 Å². The number of hydrogen-bond donors (Lipinski definition) is 2. The van der Waals surface area contributed by atoms with Crippen molar-refractivity contribution in [3.8, 4) is 5.75 Å². The lowest BCUT2D eigenvalue weighted by Crippen LogP contribution is -2.44. The number of benzene rings is 1. The van der Waals surface area contributed by atoms with Crippen molar-refractivity contribution >= 4 is 11.9 Å². The zero-order valence-electron chi connectivity index (χ0n) is 14.9. The third-order valence-corrected chi connectivity index (χ3v) is 4.60. The molecule has 1 amide bonds. The van der Waals surface area contributed by atoms with Crippen LogP contribution in [0.25, 0.3) is 0 Å². The maximum Gasteiger partial charge on any atom is 0.422 e. The number of aliphatic carboxylic acids is 1. The molecule has 0 aromatic heterocycles. The van der Waals surface area contributed by atoms with Crippen LogP contribution < -0.4 is 10.1 Å². The molecule has 0 spiro atoms. The molecule has 2 N–H and O–H groups in total. The molecule has 0 bridgehead atoms. The molecule has 1 fully saturated rings. The average molecular weight is 387 g/mol. The SMILES string of the molecule is O=C(Cc1cccc(OCC(F)(F)F)c1)NC1CCCCCCC1C(=O)O. The van der Waals surface area contributed by atoms with Crippen LogP contribution in [-0.4, -0.2) is 35.8 Å². The second kappa shape index (κ2) is 9.62. The summed E-state index contributed by atoms with van der Waals surface area (Å²) in [7, 11) is 0. The van der Waals surface area contributed by atoms with Gasteiger partial charge in [0.05, 0.1) is 12.3 Å².